The van der Waals surface area contributed by atoms with E-state index in [1.54, 1.807) is 4.90 Å². The molecule has 1 amide bonds. The van der Waals surface area contributed by atoms with Crippen molar-refractivity contribution in [2.24, 2.45) is 5.92 Å². The molecule has 1 aliphatic heterocycles. The fourth-order valence-electron chi connectivity index (χ4n) is 3.67. The van der Waals surface area contributed by atoms with Gasteiger partial charge in [-0.3, -0.25) is 9.69 Å². The summed E-state index contributed by atoms with van der Waals surface area (Å²) in [4.78, 5) is 26.1. The van der Waals surface area contributed by atoms with Crippen LogP contribution in [0.15, 0.2) is 72.8 Å². The number of thiocarbonyl (C=S) groups is 1. The summed E-state index contributed by atoms with van der Waals surface area (Å²) in [5, 5.41) is 19.6. The molecule has 2 N–H and O–H groups in total. The lowest BCUT2D eigenvalue weighted by Gasteiger charge is -2.29. The fraction of sp³-hybridized carbons (Fsp3) is 0.292. The summed E-state index contributed by atoms with van der Waals surface area (Å²) in [5.41, 5.74) is 2.16. The molecule has 1 saturated heterocycles. The van der Waals surface area contributed by atoms with Gasteiger partial charge in [0.15, 0.2) is 0 Å². The number of hydrogen-bond acceptors (Lipinski definition) is 5. The van der Waals surface area contributed by atoms with E-state index in [4.69, 9.17) is 17.3 Å². The van der Waals surface area contributed by atoms with Crippen LogP contribution in [0, 0.1) is 5.92 Å². The summed E-state index contributed by atoms with van der Waals surface area (Å²) < 4.78 is 0.505. The lowest BCUT2D eigenvalue weighted by Crippen LogP contribution is -2.46. The van der Waals surface area contributed by atoms with Gasteiger partial charge >= 0.3 is 5.97 Å². The van der Waals surface area contributed by atoms with Crippen LogP contribution in [-0.4, -0.2) is 49.2 Å². The normalized spacial score (nSPS) is 18.3. The Morgan fingerprint density at radius 3 is 2.32 bits per heavy atom. The molecule has 2 aromatic rings. The summed E-state index contributed by atoms with van der Waals surface area (Å²) in [5.74, 6) is -1.51. The van der Waals surface area contributed by atoms with Gasteiger partial charge in [-0.25, -0.2) is 4.79 Å². The number of carboxylic acid groups (broad SMARTS) is 1. The van der Waals surface area contributed by atoms with E-state index in [0.717, 1.165) is 17.2 Å². The number of thioether (sulfide) groups is 1. The van der Waals surface area contributed by atoms with Crippen LogP contribution in [0.1, 0.15) is 17.5 Å². The van der Waals surface area contributed by atoms with Crippen molar-refractivity contribution in [1.82, 2.24) is 4.90 Å². The quantitative estimate of drug-likeness (QED) is 0.443. The molecule has 2 aromatic carbocycles. The Morgan fingerprint density at radius 2 is 1.71 bits per heavy atom. The number of aliphatic hydroxyl groups is 1. The van der Waals surface area contributed by atoms with Gasteiger partial charge in [-0.1, -0.05) is 84.6 Å². The van der Waals surface area contributed by atoms with Crippen LogP contribution in [0.4, 0.5) is 0 Å². The number of carboxylic acids is 1. The Bertz CT molecular complexity index is 933. The molecule has 0 bridgehead atoms. The third kappa shape index (κ3) is 6.50. The van der Waals surface area contributed by atoms with Gasteiger partial charge in [0.1, 0.15) is 4.32 Å². The number of aliphatic carboxylic acids is 1. The zero-order chi connectivity index (χ0) is 22.2. The second-order valence-electron chi connectivity index (χ2n) is 7.45. The number of hydrogen-bond donors (Lipinski definition) is 2. The van der Waals surface area contributed by atoms with E-state index >= 15 is 0 Å². The number of carbonyl (C=O) groups is 2. The van der Waals surface area contributed by atoms with E-state index in [2.05, 4.69) is 0 Å². The van der Waals surface area contributed by atoms with Gasteiger partial charge in [0.25, 0.3) is 0 Å². The number of aliphatic hydroxyl groups excluding tert-OH is 1. The Hall–Kier alpha value is -2.48. The molecule has 3 atom stereocenters. The monoisotopic (exact) mass is 455 g/mol. The van der Waals surface area contributed by atoms with E-state index < -0.39 is 18.0 Å². The van der Waals surface area contributed by atoms with Gasteiger partial charge in [-0.15, -0.1) is 0 Å². The van der Waals surface area contributed by atoms with Crippen LogP contribution in [0.5, 0.6) is 0 Å². The average molecular weight is 456 g/mol. The Kier molecular flexibility index (Phi) is 8.40. The molecule has 0 aliphatic carbocycles. The first kappa shape index (κ1) is 23.2. The SMILES string of the molecule is O=C(O)/C=C/[C@@H](O)[C@H](CCc1ccccc1)C(=O)N1C(=S)SC[C@@H]1Cc1ccccc1. The Labute approximate surface area is 191 Å². The molecule has 5 nitrogen and oxygen atoms in total. The molecule has 162 valence electrons. The van der Waals surface area contributed by atoms with Crippen LogP contribution in [0.2, 0.25) is 0 Å². The zero-order valence-electron chi connectivity index (χ0n) is 17.0. The van der Waals surface area contributed by atoms with Gasteiger partial charge in [0.2, 0.25) is 5.91 Å². The molecule has 1 fully saturated rings. The summed E-state index contributed by atoms with van der Waals surface area (Å²) in [7, 11) is 0. The molecule has 0 unspecified atom stereocenters. The van der Waals surface area contributed by atoms with Crippen molar-refractivity contribution >= 4 is 40.2 Å². The standard InChI is InChI=1S/C24H25NO4S2/c26-21(13-14-22(27)28)20(12-11-17-7-3-1-4-8-17)23(29)25-19(16-31-24(25)30)15-18-9-5-2-6-10-18/h1-10,13-14,19-21,26H,11-12,15-16H2,(H,27,28)/b14-13+/t19-,20-,21+/m0/s1. The van der Waals surface area contributed by atoms with E-state index in [0.29, 0.717) is 29.3 Å². The number of amides is 1. The molecule has 1 aliphatic rings. The van der Waals surface area contributed by atoms with Crippen LogP contribution >= 0.6 is 24.0 Å². The number of rotatable bonds is 9. The minimum atomic E-state index is -1.21. The number of aryl methyl sites for hydroxylation is 1. The van der Waals surface area contributed by atoms with Crippen molar-refractivity contribution in [1.29, 1.82) is 0 Å². The summed E-state index contributed by atoms with van der Waals surface area (Å²) >= 11 is 6.94. The predicted octanol–water partition coefficient (Wildman–Crippen LogP) is 3.71. The van der Waals surface area contributed by atoms with Crippen LogP contribution in [-0.2, 0) is 22.4 Å². The number of nitrogens with zero attached hydrogens (tertiary/aromatic N) is 1. The summed E-state index contributed by atoms with van der Waals surface area (Å²) in [6.07, 6.45) is 2.49. The highest BCUT2D eigenvalue weighted by Gasteiger charge is 2.39. The van der Waals surface area contributed by atoms with Gasteiger partial charge < -0.3 is 10.2 Å². The molecule has 7 heteroatoms. The Morgan fingerprint density at radius 1 is 1.10 bits per heavy atom. The molecule has 0 spiro atoms. The highest BCUT2D eigenvalue weighted by Crippen LogP contribution is 2.30. The number of carbonyl (C=O) groups excluding carboxylic acids is 1. The topological polar surface area (TPSA) is 77.8 Å². The largest absolute Gasteiger partial charge is 0.478 e. The van der Waals surface area contributed by atoms with E-state index in [-0.39, 0.29) is 11.9 Å². The maximum atomic E-state index is 13.5. The zero-order valence-corrected chi connectivity index (χ0v) is 18.6. The minimum Gasteiger partial charge on any atom is -0.478 e. The molecule has 0 aromatic heterocycles. The molecular formula is C24H25NO4S2. The minimum absolute atomic E-state index is 0.0951. The first-order valence-corrected chi connectivity index (χ1v) is 11.5. The van der Waals surface area contributed by atoms with E-state index in [1.165, 1.54) is 17.8 Å². The predicted molar refractivity (Wildman–Crippen MR) is 127 cm³/mol. The fourth-order valence-corrected chi connectivity index (χ4v) is 5.09. The molecule has 31 heavy (non-hydrogen) atoms. The highest BCUT2D eigenvalue weighted by atomic mass is 32.2. The van der Waals surface area contributed by atoms with Gasteiger partial charge in [-0.05, 0) is 36.5 Å². The lowest BCUT2D eigenvalue weighted by atomic mass is 9.91. The highest BCUT2D eigenvalue weighted by molar-refractivity contribution is 8.23. The van der Waals surface area contributed by atoms with Crippen molar-refractivity contribution in [3.8, 4) is 0 Å². The van der Waals surface area contributed by atoms with Crippen LogP contribution < -0.4 is 0 Å². The first-order chi connectivity index (χ1) is 15.0. The first-order valence-electron chi connectivity index (χ1n) is 10.1. The van der Waals surface area contributed by atoms with Crippen molar-refractivity contribution in [3.63, 3.8) is 0 Å². The molecular weight excluding hydrogens is 430 g/mol. The second kappa shape index (κ2) is 11.2. The third-order valence-electron chi connectivity index (χ3n) is 5.26. The molecule has 0 saturated carbocycles. The summed E-state index contributed by atoms with van der Waals surface area (Å²) in [6, 6.07) is 19.5. The molecule has 3 rings (SSSR count). The average Bonchev–Trinajstić information content (AvgIpc) is 3.13. The third-order valence-corrected chi connectivity index (χ3v) is 6.81. The van der Waals surface area contributed by atoms with Gasteiger partial charge in [0, 0.05) is 11.8 Å². The van der Waals surface area contributed by atoms with Crippen molar-refractivity contribution in [2.75, 3.05) is 5.75 Å². The second-order valence-corrected chi connectivity index (χ2v) is 9.10. The molecule has 1 heterocycles. The van der Waals surface area contributed by atoms with Crippen molar-refractivity contribution < 1.29 is 19.8 Å². The van der Waals surface area contributed by atoms with E-state index in [9.17, 15) is 14.7 Å². The van der Waals surface area contributed by atoms with Crippen LogP contribution in [0.25, 0.3) is 0 Å². The Balaban J connectivity index is 1.80. The number of benzene rings is 2. The lowest BCUT2D eigenvalue weighted by molar-refractivity contribution is -0.136. The van der Waals surface area contributed by atoms with Crippen molar-refractivity contribution in [3.05, 3.63) is 83.9 Å². The maximum Gasteiger partial charge on any atom is 0.328 e. The van der Waals surface area contributed by atoms with Crippen molar-refractivity contribution in [2.45, 2.75) is 31.4 Å². The van der Waals surface area contributed by atoms with Gasteiger partial charge in [-0.2, -0.15) is 0 Å². The summed E-state index contributed by atoms with van der Waals surface area (Å²) in [6.45, 7) is 0. The van der Waals surface area contributed by atoms with E-state index in [1.807, 2.05) is 60.7 Å². The molecule has 0 radical (unpaired) electrons. The van der Waals surface area contributed by atoms with Gasteiger partial charge in [0.05, 0.1) is 18.1 Å². The van der Waals surface area contributed by atoms with Crippen LogP contribution in [0.3, 0.4) is 0 Å². The smallest absolute Gasteiger partial charge is 0.328 e. The maximum absolute atomic E-state index is 13.5.